The monoisotopic (exact) mass is 207 g/mol. The number of nitrogens with zero attached hydrogens (tertiary/aromatic N) is 1. The lowest BCUT2D eigenvalue weighted by atomic mass is 10.1. The van der Waals surface area contributed by atoms with Crippen LogP contribution in [0.4, 0.5) is 0 Å². The van der Waals surface area contributed by atoms with Crippen molar-refractivity contribution in [3.8, 4) is 11.8 Å². The number of hydrogen-bond acceptors (Lipinski definition) is 2. The summed E-state index contributed by atoms with van der Waals surface area (Å²) >= 11 is 5.81. The molecule has 2 nitrogen and oxygen atoms in total. The molecule has 1 aromatic rings. The summed E-state index contributed by atoms with van der Waals surface area (Å²) < 4.78 is 0. The lowest BCUT2D eigenvalue weighted by molar-refractivity contribution is 0.0979. The molecule has 0 amide bonds. The summed E-state index contributed by atoms with van der Waals surface area (Å²) in [5.41, 5.74) is 0.340. The maximum absolute atomic E-state index is 11.5. The second kappa shape index (κ2) is 5.41. The molecule has 0 aliphatic rings. The quantitative estimate of drug-likeness (QED) is 0.564. The van der Waals surface area contributed by atoms with Crippen LogP contribution in [0.25, 0.3) is 0 Å². The maximum Gasteiger partial charge on any atom is 0.183 e. The van der Waals surface area contributed by atoms with Crippen LogP contribution in [0.3, 0.4) is 0 Å². The van der Waals surface area contributed by atoms with Crippen LogP contribution >= 0.6 is 11.6 Å². The number of aromatic nitrogens is 1. The van der Waals surface area contributed by atoms with Crippen molar-refractivity contribution in [3.05, 3.63) is 29.0 Å². The summed E-state index contributed by atoms with van der Waals surface area (Å²) in [7, 11) is 0. The lowest BCUT2D eigenvalue weighted by Crippen LogP contribution is -2.02. The Labute approximate surface area is 88.3 Å². The standard InChI is InChI=1S/C11H10ClNO/c1-2-3-4-7-10(14)11-9(12)6-5-8-13-11/h5-6,8H,4,7H2,1H3. The van der Waals surface area contributed by atoms with Gasteiger partial charge in [-0.1, -0.05) is 11.6 Å². The summed E-state index contributed by atoms with van der Waals surface area (Å²) in [6, 6.07) is 3.36. The van der Waals surface area contributed by atoms with Gasteiger partial charge in [0.25, 0.3) is 0 Å². The zero-order valence-electron chi connectivity index (χ0n) is 7.88. The van der Waals surface area contributed by atoms with E-state index in [1.54, 1.807) is 25.3 Å². The van der Waals surface area contributed by atoms with Crippen molar-refractivity contribution < 1.29 is 4.79 Å². The molecule has 1 rings (SSSR count). The summed E-state index contributed by atoms with van der Waals surface area (Å²) in [5.74, 6) is 5.50. The zero-order chi connectivity index (χ0) is 10.4. The molecule has 0 aliphatic heterocycles. The Bertz CT molecular complexity index is 390. The van der Waals surface area contributed by atoms with E-state index in [-0.39, 0.29) is 5.78 Å². The predicted octanol–water partition coefficient (Wildman–Crippen LogP) is 2.72. The highest BCUT2D eigenvalue weighted by Crippen LogP contribution is 2.14. The van der Waals surface area contributed by atoms with E-state index in [0.29, 0.717) is 23.6 Å². The molecule has 0 fully saturated rings. The van der Waals surface area contributed by atoms with Gasteiger partial charge < -0.3 is 0 Å². The van der Waals surface area contributed by atoms with Gasteiger partial charge in [-0.15, -0.1) is 11.8 Å². The van der Waals surface area contributed by atoms with Crippen LogP contribution in [-0.4, -0.2) is 10.8 Å². The van der Waals surface area contributed by atoms with Crippen molar-refractivity contribution in [1.29, 1.82) is 0 Å². The highest BCUT2D eigenvalue weighted by atomic mass is 35.5. The van der Waals surface area contributed by atoms with Crippen molar-refractivity contribution >= 4 is 17.4 Å². The Balaban J connectivity index is 2.68. The van der Waals surface area contributed by atoms with Crippen LogP contribution in [0.5, 0.6) is 0 Å². The first-order valence-electron chi connectivity index (χ1n) is 4.29. The van der Waals surface area contributed by atoms with Gasteiger partial charge >= 0.3 is 0 Å². The van der Waals surface area contributed by atoms with Crippen LogP contribution < -0.4 is 0 Å². The minimum Gasteiger partial charge on any atom is -0.292 e. The van der Waals surface area contributed by atoms with Gasteiger partial charge in [0.1, 0.15) is 5.69 Å². The van der Waals surface area contributed by atoms with Crippen molar-refractivity contribution in [2.75, 3.05) is 0 Å². The molecule has 0 aromatic carbocycles. The van der Waals surface area contributed by atoms with Gasteiger partial charge in [-0.05, 0) is 19.1 Å². The summed E-state index contributed by atoms with van der Waals surface area (Å²) in [4.78, 5) is 15.5. The second-order valence-electron chi connectivity index (χ2n) is 2.68. The molecule has 72 valence electrons. The normalized spacial score (nSPS) is 9.00. The SMILES string of the molecule is CC#CCCC(=O)c1ncccc1Cl. The number of hydrogen-bond donors (Lipinski definition) is 0. The third-order valence-electron chi connectivity index (χ3n) is 1.68. The topological polar surface area (TPSA) is 30.0 Å². The number of ketones is 1. The fraction of sp³-hybridized carbons (Fsp3) is 0.273. The van der Waals surface area contributed by atoms with Crippen molar-refractivity contribution in [2.45, 2.75) is 19.8 Å². The smallest absolute Gasteiger partial charge is 0.183 e. The fourth-order valence-electron chi connectivity index (χ4n) is 1.01. The number of pyridine rings is 1. The minimum absolute atomic E-state index is 0.0571. The summed E-state index contributed by atoms with van der Waals surface area (Å²) in [6.45, 7) is 1.75. The Morgan fingerprint density at radius 1 is 1.64 bits per heavy atom. The molecule has 0 spiro atoms. The van der Waals surface area contributed by atoms with Gasteiger partial charge in [-0.25, -0.2) is 0 Å². The Kier molecular flexibility index (Phi) is 4.15. The number of Topliss-reactive ketones (excluding diaryl/α,β-unsaturated/α-hetero) is 1. The molecule has 0 N–H and O–H groups in total. The second-order valence-corrected chi connectivity index (χ2v) is 3.09. The highest BCUT2D eigenvalue weighted by Gasteiger charge is 2.09. The van der Waals surface area contributed by atoms with Gasteiger partial charge in [-0.3, -0.25) is 9.78 Å². The van der Waals surface area contributed by atoms with Crippen LogP contribution in [0.1, 0.15) is 30.3 Å². The van der Waals surface area contributed by atoms with Gasteiger partial charge in [0, 0.05) is 19.0 Å². The maximum atomic E-state index is 11.5. The van der Waals surface area contributed by atoms with Gasteiger partial charge in [-0.2, -0.15) is 0 Å². The lowest BCUT2D eigenvalue weighted by Gasteiger charge is -1.99. The molecule has 1 heterocycles. The molecular formula is C11H10ClNO. The molecule has 3 heteroatoms. The van der Waals surface area contributed by atoms with Crippen LogP contribution in [0, 0.1) is 11.8 Å². The first-order valence-corrected chi connectivity index (χ1v) is 4.67. The average molecular weight is 208 g/mol. The zero-order valence-corrected chi connectivity index (χ0v) is 8.64. The minimum atomic E-state index is -0.0571. The van der Waals surface area contributed by atoms with Crippen LogP contribution in [0.15, 0.2) is 18.3 Å². The van der Waals surface area contributed by atoms with E-state index in [1.807, 2.05) is 0 Å². The number of carbonyl (C=O) groups is 1. The number of halogens is 1. The van der Waals surface area contributed by atoms with Gasteiger partial charge in [0.15, 0.2) is 5.78 Å². The third-order valence-corrected chi connectivity index (χ3v) is 1.98. The van der Waals surface area contributed by atoms with E-state index in [1.165, 1.54) is 0 Å². The largest absolute Gasteiger partial charge is 0.292 e. The molecule has 0 bridgehead atoms. The van der Waals surface area contributed by atoms with E-state index >= 15 is 0 Å². The first-order chi connectivity index (χ1) is 6.75. The molecule has 14 heavy (non-hydrogen) atoms. The van der Waals surface area contributed by atoms with Crippen molar-refractivity contribution in [3.63, 3.8) is 0 Å². The predicted molar refractivity (Wildman–Crippen MR) is 56.3 cm³/mol. The van der Waals surface area contributed by atoms with E-state index < -0.39 is 0 Å². The first kappa shape index (κ1) is 10.7. The van der Waals surface area contributed by atoms with Gasteiger partial charge in [0.2, 0.25) is 0 Å². The number of carbonyl (C=O) groups excluding carboxylic acids is 1. The van der Waals surface area contributed by atoms with Crippen LogP contribution in [-0.2, 0) is 0 Å². The average Bonchev–Trinajstić information content (AvgIpc) is 2.18. The van der Waals surface area contributed by atoms with E-state index in [2.05, 4.69) is 16.8 Å². The molecule has 0 saturated carbocycles. The van der Waals surface area contributed by atoms with E-state index in [0.717, 1.165) is 0 Å². The summed E-state index contributed by atoms with van der Waals surface area (Å²) in [5, 5.41) is 0.405. The molecule has 0 saturated heterocycles. The molecule has 0 unspecified atom stereocenters. The molecular weight excluding hydrogens is 198 g/mol. The Morgan fingerprint density at radius 2 is 2.43 bits per heavy atom. The molecule has 0 atom stereocenters. The molecule has 1 aromatic heterocycles. The van der Waals surface area contributed by atoms with E-state index in [9.17, 15) is 4.79 Å². The highest BCUT2D eigenvalue weighted by molar-refractivity contribution is 6.33. The van der Waals surface area contributed by atoms with Crippen molar-refractivity contribution in [2.24, 2.45) is 0 Å². The van der Waals surface area contributed by atoms with E-state index in [4.69, 9.17) is 11.6 Å². The number of rotatable bonds is 3. The summed E-state index contributed by atoms with van der Waals surface area (Å²) in [6.07, 6.45) is 2.49. The third kappa shape index (κ3) is 2.86. The fourth-order valence-corrected chi connectivity index (χ4v) is 1.24. The van der Waals surface area contributed by atoms with Crippen LogP contribution in [0.2, 0.25) is 5.02 Å². The Hall–Kier alpha value is -1.33. The Morgan fingerprint density at radius 3 is 3.07 bits per heavy atom. The molecule has 0 aliphatic carbocycles. The van der Waals surface area contributed by atoms with Crippen molar-refractivity contribution in [1.82, 2.24) is 4.98 Å². The van der Waals surface area contributed by atoms with Gasteiger partial charge in [0.05, 0.1) is 5.02 Å². The molecule has 0 radical (unpaired) electrons.